The number of rotatable bonds is 9. The summed E-state index contributed by atoms with van der Waals surface area (Å²) in [7, 11) is 0. The molecule has 0 amide bonds. The molecule has 370 valence electrons. The van der Waals surface area contributed by atoms with Gasteiger partial charge < -0.3 is 94.1 Å². The second kappa shape index (κ2) is 18.1. The van der Waals surface area contributed by atoms with E-state index < -0.39 is 135 Å². The lowest BCUT2D eigenvalue weighted by Crippen LogP contribution is -2.67. The van der Waals surface area contributed by atoms with Crippen LogP contribution in [0.4, 0.5) is 0 Å². The molecule has 20 heteroatoms. The van der Waals surface area contributed by atoms with Crippen molar-refractivity contribution >= 4 is 5.78 Å². The van der Waals surface area contributed by atoms with E-state index in [4.69, 9.17) is 37.9 Å². The van der Waals surface area contributed by atoms with Crippen LogP contribution >= 0.6 is 0 Å². The molecule has 27 atom stereocenters. The van der Waals surface area contributed by atoms with Crippen LogP contribution in [-0.2, 0) is 42.7 Å². The summed E-state index contributed by atoms with van der Waals surface area (Å²) in [4.78, 5) is 14.6. The summed E-state index contributed by atoms with van der Waals surface area (Å²) in [5.41, 5.74) is 0.262. The molecule has 1 spiro atoms. The number of hydrogen-bond donors (Lipinski definition) is 11. The van der Waals surface area contributed by atoms with Crippen molar-refractivity contribution in [2.45, 2.75) is 189 Å². The first kappa shape index (κ1) is 48.7. The molecular formula is C45H70O20. The molecule has 0 bridgehead atoms. The summed E-state index contributed by atoms with van der Waals surface area (Å²) in [6, 6.07) is 0. The number of aliphatic hydroxyl groups is 11. The molecule has 20 nitrogen and oxygen atoms in total. The molecule has 0 aromatic heterocycles. The van der Waals surface area contributed by atoms with Gasteiger partial charge in [0.2, 0.25) is 0 Å². The van der Waals surface area contributed by atoms with Gasteiger partial charge in [0.25, 0.3) is 0 Å². The molecular weight excluding hydrogens is 860 g/mol. The quantitative estimate of drug-likeness (QED) is 0.105. The van der Waals surface area contributed by atoms with Gasteiger partial charge in [-0.05, 0) is 67.6 Å². The van der Waals surface area contributed by atoms with Gasteiger partial charge in [-0.1, -0.05) is 39.3 Å². The highest BCUT2D eigenvalue weighted by molar-refractivity contribution is 5.87. The number of ether oxygens (including phenoxy) is 8. The number of Topliss-reactive ketones (excluding diaryl/α,β-unsaturated/α-hetero) is 1. The van der Waals surface area contributed by atoms with Gasteiger partial charge >= 0.3 is 0 Å². The molecule has 65 heavy (non-hydrogen) atoms. The van der Waals surface area contributed by atoms with Crippen LogP contribution in [0.5, 0.6) is 0 Å². The molecule has 5 aliphatic heterocycles. The summed E-state index contributed by atoms with van der Waals surface area (Å²) in [6.07, 6.45) is -20.1. The van der Waals surface area contributed by atoms with Crippen molar-refractivity contribution < 1.29 is 98.9 Å². The van der Waals surface area contributed by atoms with Crippen molar-refractivity contribution in [3.05, 3.63) is 11.6 Å². The molecule has 9 aliphatic rings. The average molecular weight is 931 g/mol. The fourth-order valence-electron chi connectivity index (χ4n) is 13.9. The highest BCUT2D eigenvalue weighted by Crippen LogP contribution is 2.69. The van der Waals surface area contributed by atoms with Gasteiger partial charge in [0.05, 0.1) is 38.6 Å². The van der Waals surface area contributed by atoms with Gasteiger partial charge in [0.15, 0.2) is 24.7 Å². The number of carbonyl (C=O) groups excluding carboxylic acids is 1. The Balaban J connectivity index is 0.861. The van der Waals surface area contributed by atoms with Crippen molar-refractivity contribution in [3.63, 3.8) is 0 Å². The maximum absolute atomic E-state index is 14.6. The third kappa shape index (κ3) is 7.73. The molecule has 9 rings (SSSR count). The van der Waals surface area contributed by atoms with Crippen molar-refractivity contribution in [1.82, 2.24) is 0 Å². The number of hydrogen-bond acceptors (Lipinski definition) is 20. The Kier molecular flexibility index (Phi) is 13.6. The van der Waals surface area contributed by atoms with Gasteiger partial charge in [0.1, 0.15) is 85.1 Å². The molecule has 5 saturated heterocycles. The standard InChI is InChI=1S/C45H70O20/c1-17-9-29(50)45(58-16-17)18(2)30-24(65-45)11-23-21-6-5-19-10-20(7-8-43(19,3)22(21)12-28(49)44(23,30)4)59-40-37(57)35(55)38(27(15-48)62-40)63-42-39(34(54)32(52)26(14-47)61-42)64-41-36(56)33(53)31(51)25(13-46)60-41/h5,17-18,20-27,29-42,46-48,50-57H,6-16H2,1-4H3/t17-,18+,20+,21-,22+,23+,24+,25-,26-,27-,29+,30+,31-,32-,33+,34+,35-,36-,37-,38+,39-,40-,41+,42+,43+,44-,45+/m1/s1. The van der Waals surface area contributed by atoms with Crippen LogP contribution in [0, 0.1) is 46.3 Å². The van der Waals surface area contributed by atoms with Gasteiger partial charge in [-0.3, -0.25) is 4.79 Å². The number of carbonyl (C=O) groups is 1. The Morgan fingerprint density at radius 1 is 0.692 bits per heavy atom. The van der Waals surface area contributed by atoms with E-state index in [1.807, 2.05) is 0 Å². The summed E-state index contributed by atoms with van der Waals surface area (Å²) >= 11 is 0. The minimum absolute atomic E-state index is 0.0604. The number of fused-ring (bicyclic) bond motifs is 7. The lowest BCUT2D eigenvalue weighted by molar-refractivity contribution is -0.390. The topological polar surface area (TPSA) is 313 Å². The molecule has 11 N–H and O–H groups in total. The first-order valence-corrected chi connectivity index (χ1v) is 23.6. The Labute approximate surface area is 377 Å². The SMILES string of the molecule is C[C@H]1CO[C@@]2(O[C@H]3C[C@H]4[C@@H]5CC=C6C[C@@H](O[C@@H]7O[C@H](CO)[C@H](O[C@@H]8O[C@H](CO)[C@@H](O)[C@H](O)[C@H]8O[C@@H]8O[C@H](CO)[C@@H](O)[C@H](O)[C@H]8O)[C@H](O)[C@H]7O)CC[C@]6(C)[C@H]5CC(=O)[C@]4(C)[C@H]3[C@@H]2C)[C@@H](O)C1. The van der Waals surface area contributed by atoms with Crippen LogP contribution < -0.4 is 0 Å². The molecule has 3 saturated carbocycles. The summed E-state index contributed by atoms with van der Waals surface area (Å²) in [5.74, 6) is -0.365. The molecule has 0 unspecified atom stereocenters. The average Bonchev–Trinajstić information content (AvgIpc) is 3.75. The van der Waals surface area contributed by atoms with E-state index in [-0.39, 0.29) is 52.8 Å². The smallest absolute Gasteiger partial charge is 0.197 e. The largest absolute Gasteiger partial charge is 0.394 e. The lowest BCUT2D eigenvalue weighted by Gasteiger charge is -2.58. The minimum Gasteiger partial charge on any atom is -0.394 e. The third-order valence-corrected chi connectivity index (χ3v) is 17.6. The first-order valence-electron chi connectivity index (χ1n) is 23.6. The molecule has 0 aromatic carbocycles. The van der Waals surface area contributed by atoms with Crippen LogP contribution in [0.1, 0.15) is 72.6 Å². The molecule has 4 aliphatic carbocycles. The third-order valence-electron chi connectivity index (χ3n) is 17.6. The summed E-state index contributed by atoms with van der Waals surface area (Å²) in [6.45, 7) is 6.67. The number of allylic oxidation sites excluding steroid dienone is 1. The predicted molar refractivity (Wildman–Crippen MR) is 217 cm³/mol. The van der Waals surface area contributed by atoms with E-state index in [0.717, 1.165) is 18.4 Å². The second-order valence-electron chi connectivity index (χ2n) is 21.1. The van der Waals surface area contributed by atoms with Crippen LogP contribution in [0.15, 0.2) is 11.6 Å². The summed E-state index contributed by atoms with van der Waals surface area (Å²) < 4.78 is 48.3. The summed E-state index contributed by atoms with van der Waals surface area (Å²) in [5, 5.41) is 117. The van der Waals surface area contributed by atoms with Crippen molar-refractivity contribution in [3.8, 4) is 0 Å². The van der Waals surface area contributed by atoms with Crippen molar-refractivity contribution in [2.24, 2.45) is 46.3 Å². The van der Waals surface area contributed by atoms with E-state index in [2.05, 4.69) is 33.8 Å². The zero-order chi connectivity index (χ0) is 46.7. The van der Waals surface area contributed by atoms with E-state index in [9.17, 15) is 61.0 Å². The highest BCUT2D eigenvalue weighted by atomic mass is 16.8. The fraction of sp³-hybridized carbons (Fsp3) is 0.933. The van der Waals surface area contributed by atoms with Gasteiger partial charge in [-0.15, -0.1) is 0 Å². The Bertz CT molecular complexity index is 1750. The van der Waals surface area contributed by atoms with Crippen LogP contribution in [0.3, 0.4) is 0 Å². The normalized spacial score (nSPS) is 56.7. The minimum atomic E-state index is -1.91. The van der Waals surface area contributed by atoms with Crippen LogP contribution in [-0.4, -0.2) is 205 Å². The molecule has 0 aromatic rings. The van der Waals surface area contributed by atoms with Gasteiger partial charge in [-0.25, -0.2) is 0 Å². The molecule has 0 radical (unpaired) electrons. The van der Waals surface area contributed by atoms with Crippen molar-refractivity contribution in [1.29, 1.82) is 0 Å². The zero-order valence-corrected chi connectivity index (χ0v) is 37.3. The maximum atomic E-state index is 14.6. The van der Waals surface area contributed by atoms with E-state index in [1.165, 1.54) is 0 Å². The maximum Gasteiger partial charge on any atom is 0.197 e. The zero-order valence-electron chi connectivity index (χ0n) is 37.3. The Morgan fingerprint density at radius 2 is 1.29 bits per heavy atom. The molecule has 5 heterocycles. The van der Waals surface area contributed by atoms with Gasteiger partial charge in [-0.2, -0.15) is 0 Å². The monoisotopic (exact) mass is 930 g/mol. The predicted octanol–water partition coefficient (Wildman–Crippen LogP) is -2.66. The first-order chi connectivity index (χ1) is 30.8. The lowest BCUT2D eigenvalue weighted by atomic mass is 9.46. The Morgan fingerprint density at radius 3 is 1.97 bits per heavy atom. The van der Waals surface area contributed by atoms with Crippen LogP contribution in [0.2, 0.25) is 0 Å². The fourth-order valence-corrected chi connectivity index (χ4v) is 13.9. The number of aliphatic hydroxyl groups excluding tert-OH is 11. The highest BCUT2D eigenvalue weighted by Gasteiger charge is 2.73. The molecule has 8 fully saturated rings. The van der Waals surface area contributed by atoms with E-state index in [1.54, 1.807) is 0 Å². The van der Waals surface area contributed by atoms with Gasteiger partial charge in [0, 0.05) is 23.7 Å². The second-order valence-corrected chi connectivity index (χ2v) is 21.1. The van der Waals surface area contributed by atoms with Crippen LogP contribution in [0.25, 0.3) is 0 Å². The van der Waals surface area contributed by atoms with E-state index in [0.29, 0.717) is 38.7 Å². The number of ketones is 1. The van der Waals surface area contributed by atoms with E-state index >= 15 is 0 Å². The Hall–Kier alpha value is -1.35. The van der Waals surface area contributed by atoms with Crippen molar-refractivity contribution in [2.75, 3.05) is 26.4 Å².